The highest BCUT2D eigenvalue weighted by Gasteiger charge is 2.34. The van der Waals surface area contributed by atoms with Gasteiger partial charge in [0.1, 0.15) is 6.10 Å². The van der Waals surface area contributed by atoms with Crippen LogP contribution in [0.25, 0.3) is 0 Å². The Labute approximate surface area is 128 Å². The fourth-order valence-corrected chi connectivity index (χ4v) is 2.97. The molecule has 21 heavy (non-hydrogen) atoms. The van der Waals surface area contributed by atoms with Crippen molar-refractivity contribution in [3.8, 4) is 0 Å². The Morgan fingerprint density at radius 3 is 2.33 bits per heavy atom. The predicted octanol–water partition coefficient (Wildman–Crippen LogP) is 1.28. The average Bonchev–Trinajstić information content (AvgIpc) is 2.42. The minimum absolute atomic E-state index is 0.163. The standard InChI is InChI=1S/C16H32N2O3/c1-3-4-5-6-7-8-9-10-18-11-14(17-13(2)19)16(21)15(20)12-18/h14-16,20-21H,3-12H2,1-2H3,(H,17,19)/t14-,15-,16+/m1/s1. The third kappa shape index (κ3) is 7.25. The van der Waals surface area contributed by atoms with Gasteiger partial charge in [0.15, 0.2) is 0 Å². The number of β-amino-alcohol motifs (C(OH)–C–C–N with tert-alkyl or cyclic N) is 1. The molecule has 1 amide bonds. The molecule has 0 aromatic rings. The van der Waals surface area contributed by atoms with Crippen LogP contribution in [0.2, 0.25) is 0 Å². The van der Waals surface area contributed by atoms with E-state index < -0.39 is 12.2 Å². The lowest BCUT2D eigenvalue weighted by Crippen LogP contribution is -2.61. The third-order valence-electron chi connectivity index (χ3n) is 4.17. The summed E-state index contributed by atoms with van der Waals surface area (Å²) in [5.41, 5.74) is 0. The lowest BCUT2D eigenvalue weighted by molar-refractivity contribution is -0.123. The highest BCUT2D eigenvalue weighted by molar-refractivity contribution is 5.73. The number of likely N-dealkylation sites (tertiary alicyclic amines) is 1. The van der Waals surface area contributed by atoms with E-state index >= 15 is 0 Å². The number of carbonyl (C=O) groups excluding carboxylic acids is 1. The first-order valence-corrected chi connectivity index (χ1v) is 8.40. The highest BCUT2D eigenvalue weighted by atomic mass is 16.3. The number of carbonyl (C=O) groups is 1. The van der Waals surface area contributed by atoms with E-state index in [1.165, 1.54) is 45.4 Å². The quantitative estimate of drug-likeness (QED) is 0.561. The SMILES string of the molecule is CCCCCCCCCN1C[C@@H](O)[C@@H](O)[C@H](NC(C)=O)C1. The van der Waals surface area contributed by atoms with Crippen molar-refractivity contribution < 1.29 is 15.0 Å². The van der Waals surface area contributed by atoms with E-state index in [-0.39, 0.29) is 11.9 Å². The fourth-order valence-electron chi connectivity index (χ4n) is 2.97. The molecule has 0 aliphatic carbocycles. The van der Waals surface area contributed by atoms with Crippen LogP contribution in [0, 0.1) is 0 Å². The maximum Gasteiger partial charge on any atom is 0.217 e. The molecular weight excluding hydrogens is 268 g/mol. The van der Waals surface area contributed by atoms with Crippen molar-refractivity contribution in [2.75, 3.05) is 19.6 Å². The maximum atomic E-state index is 11.1. The van der Waals surface area contributed by atoms with Crippen molar-refractivity contribution in [1.82, 2.24) is 10.2 Å². The lowest BCUT2D eigenvalue weighted by atomic mass is 9.99. The van der Waals surface area contributed by atoms with Gasteiger partial charge in [0.25, 0.3) is 0 Å². The summed E-state index contributed by atoms with van der Waals surface area (Å²) in [5.74, 6) is -0.163. The summed E-state index contributed by atoms with van der Waals surface area (Å²) in [6.45, 7) is 5.70. The molecule has 124 valence electrons. The minimum atomic E-state index is -0.862. The second kappa shape index (κ2) is 10.1. The maximum absolute atomic E-state index is 11.1. The van der Waals surface area contributed by atoms with Crippen molar-refractivity contribution in [3.05, 3.63) is 0 Å². The van der Waals surface area contributed by atoms with Crippen molar-refractivity contribution in [3.63, 3.8) is 0 Å². The summed E-state index contributed by atoms with van der Waals surface area (Å²) in [6, 6.07) is -0.365. The lowest BCUT2D eigenvalue weighted by Gasteiger charge is -2.39. The van der Waals surface area contributed by atoms with Gasteiger partial charge in [-0.3, -0.25) is 9.69 Å². The number of nitrogens with zero attached hydrogens (tertiary/aromatic N) is 1. The van der Waals surface area contributed by atoms with Gasteiger partial charge in [-0.05, 0) is 13.0 Å². The zero-order valence-corrected chi connectivity index (χ0v) is 13.6. The van der Waals surface area contributed by atoms with Gasteiger partial charge >= 0.3 is 0 Å². The van der Waals surface area contributed by atoms with Crippen LogP contribution in [0.1, 0.15) is 58.8 Å². The first-order chi connectivity index (χ1) is 10.0. The van der Waals surface area contributed by atoms with E-state index in [4.69, 9.17) is 0 Å². The smallest absolute Gasteiger partial charge is 0.217 e. The summed E-state index contributed by atoms with van der Waals surface area (Å²) < 4.78 is 0. The summed E-state index contributed by atoms with van der Waals surface area (Å²) >= 11 is 0. The molecule has 0 spiro atoms. The molecule has 1 saturated heterocycles. The minimum Gasteiger partial charge on any atom is -0.389 e. The largest absolute Gasteiger partial charge is 0.389 e. The first-order valence-electron chi connectivity index (χ1n) is 8.40. The number of hydrogen-bond acceptors (Lipinski definition) is 4. The molecule has 0 radical (unpaired) electrons. The monoisotopic (exact) mass is 300 g/mol. The second-order valence-corrected chi connectivity index (χ2v) is 6.25. The van der Waals surface area contributed by atoms with Crippen LogP contribution in [0.4, 0.5) is 0 Å². The number of aliphatic hydroxyl groups is 2. The van der Waals surface area contributed by atoms with Crippen molar-refractivity contribution in [2.45, 2.75) is 77.0 Å². The van der Waals surface area contributed by atoms with Gasteiger partial charge in [0, 0.05) is 20.0 Å². The summed E-state index contributed by atoms with van der Waals surface area (Å²) in [5, 5.41) is 22.5. The third-order valence-corrected chi connectivity index (χ3v) is 4.17. The van der Waals surface area contributed by atoms with E-state index in [1.54, 1.807) is 0 Å². The van der Waals surface area contributed by atoms with Crippen LogP contribution in [0.5, 0.6) is 0 Å². The van der Waals surface area contributed by atoms with Crippen LogP contribution in [-0.4, -0.2) is 58.9 Å². The Kier molecular flexibility index (Phi) is 8.88. The van der Waals surface area contributed by atoms with Gasteiger partial charge in [-0.1, -0.05) is 45.4 Å². The summed E-state index contributed by atoms with van der Waals surface area (Å²) in [7, 11) is 0. The second-order valence-electron chi connectivity index (χ2n) is 6.25. The highest BCUT2D eigenvalue weighted by Crippen LogP contribution is 2.14. The average molecular weight is 300 g/mol. The molecule has 0 aromatic heterocycles. The van der Waals surface area contributed by atoms with Crippen molar-refractivity contribution in [1.29, 1.82) is 0 Å². The zero-order chi connectivity index (χ0) is 15.7. The number of amides is 1. The Hall–Kier alpha value is -0.650. The molecule has 1 rings (SSSR count). The van der Waals surface area contributed by atoms with Gasteiger partial charge in [0.2, 0.25) is 5.91 Å². The molecule has 0 aromatic carbocycles. The van der Waals surface area contributed by atoms with Crippen LogP contribution in [0.15, 0.2) is 0 Å². The van der Waals surface area contributed by atoms with E-state index in [0.717, 1.165) is 13.0 Å². The van der Waals surface area contributed by atoms with E-state index in [1.807, 2.05) is 0 Å². The van der Waals surface area contributed by atoms with Crippen molar-refractivity contribution >= 4 is 5.91 Å². The number of hydrogen-bond donors (Lipinski definition) is 3. The fraction of sp³-hybridized carbons (Fsp3) is 0.938. The molecule has 3 N–H and O–H groups in total. The Bertz CT molecular complexity index is 299. The number of aliphatic hydroxyl groups excluding tert-OH is 2. The van der Waals surface area contributed by atoms with Crippen molar-refractivity contribution in [2.24, 2.45) is 0 Å². The molecule has 1 heterocycles. The van der Waals surface area contributed by atoms with Gasteiger partial charge in [-0.15, -0.1) is 0 Å². The number of rotatable bonds is 9. The zero-order valence-electron chi connectivity index (χ0n) is 13.6. The summed E-state index contributed by atoms with van der Waals surface area (Å²) in [4.78, 5) is 13.3. The van der Waals surface area contributed by atoms with Crippen LogP contribution in [-0.2, 0) is 4.79 Å². The molecule has 3 atom stereocenters. The number of nitrogens with one attached hydrogen (secondary N) is 1. The number of unbranched alkanes of at least 4 members (excludes halogenated alkanes) is 6. The first kappa shape index (κ1) is 18.4. The Morgan fingerprint density at radius 2 is 1.71 bits per heavy atom. The normalized spacial score (nSPS) is 26.8. The topological polar surface area (TPSA) is 72.8 Å². The molecule has 0 unspecified atom stereocenters. The van der Waals surface area contributed by atoms with Gasteiger partial charge in [-0.2, -0.15) is 0 Å². The van der Waals surface area contributed by atoms with Crippen LogP contribution < -0.4 is 5.32 Å². The Balaban J connectivity index is 2.20. The molecule has 1 aliphatic heterocycles. The van der Waals surface area contributed by atoms with Gasteiger partial charge < -0.3 is 15.5 Å². The molecule has 1 fully saturated rings. The van der Waals surface area contributed by atoms with Crippen LogP contribution in [0.3, 0.4) is 0 Å². The molecule has 0 bridgehead atoms. The van der Waals surface area contributed by atoms with E-state index in [2.05, 4.69) is 17.1 Å². The van der Waals surface area contributed by atoms with Gasteiger partial charge in [-0.25, -0.2) is 0 Å². The molecular formula is C16H32N2O3. The molecule has 1 aliphatic rings. The predicted molar refractivity (Wildman–Crippen MR) is 84.1 cm³/mol. The number of piperidine rings is 1. The van der Waals surface area contributed by atoms with Crippen LogP contribution >= 0.6 is 0 Å². The summed E-state index contributed by atoms with van der Waals surface area (Å²) in [6.07, 6.45) is 7.20. The molecule has 5 nitrogen and oxygen atoms in total. The Morgan fingerprint density at radius 1 is 1.10 bits per heavy atom. The van der Waals surface area contributed by atoms with Gasteiger partial charge in [0.05, 0.1) is 12.1 Å². The van der Waals surface area contributed by atoms with E-state index in [0.29, 0.717) is 13.1 Å². The van der Waals surface area contributed by atoms with E-state index in [9.17, 15) is 15.0 Å². The molecule has 5 heteroatoms. The molecule has 0 saturated carbocycles.